The third-order valence-electron chi connectivity index (χ3n) is 3.09. The predicted octanol–water partition coefficient (Wildman–Crippen LogP) is 2.72. The summed E-state index contributed by atoms with van der Waals surface area (Å²) in [6, 6.07) is 11.0. The zero-order valence-electron chi connectivity index (χ0n) is 12.6. The smallest absolute Gasteiger partial charge is 0.339 e. The minimum atomic E-state index is -0.654. The lowest BCUT2D eigenvalue weighted by Crippen LogP contribution is -2.14. The molecule has 6 nitrogen and oxygen atoms in total. The maximum Gasteiger partial charge on any atom is 0.339 e. The largest absolute Gasteiger partial charge is 0.508 e. The number of benzene rings is 2. The number of methoxy groups -OCH3 is 2. The lowest BCUT2D eigenvalue weighted by Gasteiger charge is -2.09. The van der Waals surface area contributed by atoms with Gasteiger partial charge in [-0.3, -0.25) is 4.99 Å². The number of carbonyl (C=O) groups is 2. The van der Waals surface area contributed by atoms with Gasteiger partial charge in [0.25, 0.3) is 0 Å². The maximum atomic E-state index is 12.0. The Kier molecular flexibility index (Phi) is 5.09. The predicted molar refractivity (Wildman–Crippen MR) is 84.5 cm³/mol. The summed E-state index contributed by atoms with van der Waals surface area (Å²) in [6.45, 7) is 0. The molecule has 0 bridgehead atoms. The monoisotopic (exact) mass is 313 g/mol. The molecule has 118 valence electrons. The number of phenolic OH excluding ortho intramolecular Hbond substituents is 1. The Morgan fingerprint density at radius 1 is 1.00 bits per heavy atom. The van der Waals surface area contributed by atoms with E-state index in [1.165, 1.54) is 38.6 Å². The summed E-state index contributed by atoms with van der Waals surface area (Å²) in [7, 11) is 2.47. The highest BCUT2D eigenvalue weighted by Gasteiger charge is 2.21. The first kappa shape index (κ1) is 16.2. The van der Waals surface area contributed by atoms with Crippen molar-refractivity contribution in [2.24, 2.45) is 4.99 Å². The molecule has 0 atom stereocenters. The molecule has 0 spiro atoms. The zero-order valence-corrected chi connectivity index (χ0v) is 12.6. The van der Waals surface area contributed by atoms with Crippen LogP contribution in [-0.4, -0.2) is 37.5 Å². The van der Waals surface area contributed by atoms with E-state index in [9.17, 15) is 14.7 Å². The summed E-state index contributed by atoms with van der Waals surface area (Å²) in [5, 5.41) is 9.25. The van der Waals surface area contributed by atoms with Crippen molar-refractivity contribution in [2.75, 3.05) is 14.2 Å². The van der Waals surface area contributed by atoms with Crippen molar-refractivity contribution in [3.8, 4) is 5.75 Å². The van der Waals surface area contributed by atoms with E-state index in [4.69, 9.17) is 4.74 Å². The summed E-state index contributed by atoms with van der Waals surface area (Å²) >= 11 is 0. The summed E-state index contributed by atoms with van der Waals surface area (Å²) in [5.74, 6) is -1.16. The number of carbonyl (C=O) groups excluding carboxylic acids is 2. The van der Waals surface area contributed by atoms with Crippen LogP contribution >= 0.6 is 0 Å². The molecule has 0 fully saturated rings. The molecule has 6 heteroatoms. The molecule has 0 saturated heterocycles. The lowest BCUT2D eigenvalue weighted by atomic mass is 10.0. The Morgan fingerprint density at radius 3 is 2.26 bits per heavy atom. The van der Waals surface area contributed by atoms with Crippen molar-refractivity contribution in [3.05, 3.63) is 59.2 Å². The van der Waals surface area contributed by atoms with E-state index in [0.717, 1.165) is 0 Å². The number of hydrogen-bond acceptors (Lipinski definition) is 6. The number of esters is 2. The van der Waals surface area contributed by atoms with E-state index in [0.29, 0.717) is 11.3 Å². The Morgan fingerprint density at radius 2 is 1.65 bits per heavy atom. The average Bonchev–Trinajstić information content (AvgIpc) is 2.59. The van der Waals surface area contributed by atoms with Gasteiger partial charge in [-0.05, 0) is 30.3 Å². The van der Waals surface area contributed by atoms with Crippen LogP contribution in [0.3, 0.4) is 0 Å². The van der Waals surface area contributed by atoms with Gasteiger partial charge in [0.15, 0.2) is 0 Å². The molecule has 2 aromatic rings. The van der Waals surface area contributed by atoms with Crippen LogP contribution in [0.1, 0.15) is 26.3 Å². The quantitative estimate of drug-likeness (QED) is 0.693. The van der Waals surface area contributed by atoms with Crippen molar-refractivity contribution in [3.63, 3.8) is 0 Å². The van der Waals surface area contributed by atoms with E-state index < -0.39 is 11.9 Å². The zero-order chi connectivity index (χ0) is 16.8. The van der Waals surface area contributed by atoms with Crippen LogP contribution in [0.2, 0.25) is 0 Å². The first-order chi connectivity index (χ1) is 11.1. The van der Waals surface area contributed by atoms with Crippen molar-refractivity contribution in [1.29, 1.82) is 0 Å². The molecule has 2 aromatic carbocycles. The molecule has 23 heavy (non-hydrogen) atoms. The number of ether oxygens (including phenoxy) is 2. The standard InChI is InChI=1S/C17H15NO5/c1-22-16(20)14-5-3-4-11(15(14)17(21)23-2)10-18-12-6-8-13(19)9-7-12/h3-10,19H,1-2H3/b18-10-. The molecule has 0 unspecified atom stereocenters. The Bertz CT molecular complexity index is 750. The topological polar surface area (TPSA) is 85.2 Å². The second-order valence-corrected chi connectivity index (χ2v) is 4.53. The fourth-order valence-corrected chi connectivity index (χ4v) is 1.97. The summed E-state index contributed by atoms with van der Waals surface area (Å²) in [5.41, 5.74) is 1.20. The minimum absolute atomic E-state index is 0.0874. The molecule has 0 aliphatic heterocycles. The molecule has 0 saturated carbocycles. The maximum absolute atomic E-state index is 12.0. The first-order valence-corrected chi connectivity index (χ1v) is 6.69. The molecule has 0 heterocycles. The molecule has 0 radical (unpaired) electrons. The highest BCUT2D eigenvalue weighted by atomic mass is 16.5. The van der Waals surface area contributed by atoms with Gasteiger partial charge in [-0.15, -0.1) is 0 Å². The number of nitrogens with zero attached hydrogens (tertiary/aromatic N) is 1. The van der Waals surface area contributed by atoms with Gasteiger partial charge in [0.05, 0.1) is 31.0 Å². The van der Waals surface area contributed by atoms with Gasteiger partial charge in [0.2, 0.25) is 0 Å². The van der Waals surface area contributed by atoms with Crippen LogP contribution in [0.15, 0.2) is 47.5 Å². The summed E-state index contributed by atoms with van der Waals surface area (Å²) < 4.78 is 9.42. The van der Waals surface area contributed by atoms with Crippen molar-refractivity contribution in [2.45, 2.75) is 0 Å². The van der Waals surface area contributed by atoms with Gasteiger partial charge in [-0.1, -0.05) is 12.1 Å². The molecule has 0 aromatic heterocycles. The number of aromatic hydroxyl groups is 1. The van der Waals surface area contributed by atoms with Crippen molar-refractivity contribution < 1.29 is 24.2 Å². The average molecular weight is 313 g/mol. The normalized spacial score (nSPS) is 10.5. The molecular weight excluding hydrogens is 298 g/mol. The highest BCUT2D eigenvalue weighted by Crippen LogP contribution is 2.19. The highest BCUT2D eigenvalue weighted by molar-refractivity contribution is 6.08. The van der Waals surface area contributed by atoms with Crippen LogP contribution < -0.4 is 0 Å². The van der Waals surface area contributed by atoms with E-state index in [1.807, 2.05) is 0 Å². The third-order valence-corrected chi connectivity index (χ3v) is 3.09. The second kappa shape index (κ2) is 7.22. The number of hydrogen-bond donors (Lipinski definition) is 1. The van der Waals surface area contributed by atoms with Crippen LogP contribution in [0, 0.1) is 0 Å². The third kappa shape index (κ3) is 3.74. The Labute approximate surface area is 133 Å². The molecule has 0 amide bonds. The molecular formula is C17H15NO5. The van der Waals surface area contributed by atoms with Gasteiger partial charge >= 0.3 is 11.9 Å². The second-order valence-electron chi connectivity index (χ2n) is 4.53. The Hall–Kier alpha value is -3.15. The SMILES string of the molecule is COC(=O)c1cccc(/C=N\c2ccc(O)cc2)c1C(=O)OC. The van der Waals surface area contributed by atoms with Gasteiger partial charge in [-0.25, -0.2) is 9.59 Å². The number of rotatable bonds is 4. The number of aliphatic imine (C=N–C) groups is 1. The minimum Gasteiger partial charge on any atom is -0.508 e. The van der Waals surface area contributed by atoms with Gasteiger partial charge in [0.1, 0.15) is 5.75 Å². The van der Waals surface area contributed by atoms with E-state index in [2.05, 4.69) is 9.73 Å². The van der Waals surface area contributed by atoms with Crippen molar-refractivity contribution >= 4 is 23.8 Å². The summed E-state index contributed by atoms with van der Waals surface area (Å²) in [4.78, 5) is 28.0. The summed E-state index contributed by atoms with van der Waals surface area (Å²) in [6.07, 6.45) is 1.45. The molecule has 1 N–H and O–H groups in total. The molecule has 0 aliphatic carbocycles. The van der Waals surface area contributed by atoms with Crippen LogP contribution in [0.4, 0.5) is 5.69 Å². The number of phenols is 1. The van der Waals surface area contributed by atoms with Crippen molar-refractivity contribution in [1.82, 2.24) is 0 Å². The van der Waals surface area contributed by atoms with E-state index in [-0.39, 0.29) is 16.9 Å². The van der Waals surface area contributed by atoms with Crippen LogP contribution in [0.25, 0.3) is 0 Å². The fourth-order valence-electron chi connectivity index (χ4n) is 1.97. The molecule has 0 aliphatic rings. The van der Waals surface area contributed by atoms with Crippen LogP contribution in [0.5, 0.6) is 5.75 Å². The lowest BCUT2D eigenvalue weighted by molar-refractivity contribution is 0.0555. The fraction of sp³-hybridized carbons (Fsp3) is 0.118. The van der Waals surface area contributed by atoms with Gasteiger partial charge < -0.3 is 14.6 Å². The first-order valence-electron chi connectivity index (χ1n) is 6.69. The van der Waals surface area contributed by atoms with E-state index in [1.54, 1.807) is 24.3 Å². The Balaban J connectivity index is 2.47. The van der Waals surface area contributed by atoms with E-state index >= 15 is 0 Å². The van der Waals surface area contributed by atoms with Crippen LogP contribution in [-0.2, 0) is 9.47 Å². The van der Waals surface area contributed by atoms with Gasteiger partial charge in [0, 0.05) is 11.8 Å². The molecule has 2 rings (SSSR count). The van der Waals surface area contributed by atoms with Gasteiger partial charge in [-0.2, -0.15) is 0 Å².